The molecule has 0 unspecified atom stereocenters. The van der Waals surface area contributed by atoms with Gasteiger partial charge in [0.1, 0.15) is 0 Å². The van der Waals surface area contributed by atoms with Crippen LogP contribution in [0.15, 0.2) is 115 Å². The van der Waals surface area contributed by atoms with Crippen LogP contribution in [-0.2, 0) is 0 Å². The van der Waals surface area contributed by atoms with Crippen LogP contribution in [0.4, 0.5) is 0 Å². The highest BCUT2D eigenvalue weighted by Gasteiger charge is 2.13. The van der Waals surface area contributed by atoms with E-state index in [0.29, 0.717) is 17.5 Å². The molecule has 0 atom stereocenters. The number of benzene rings is 5. The predicted octanol–water partition coefficient (Wildman–Crippen LogP) is 7.18. The van der Waals surface area contributed by atoms with Gasteiger partial charge in [0.15, 0.2) is 17.5 Å². The molecule has 0 aliphatic rings. The zero-order valence-corrected chi connectivity index (χ0v) is 17.3. The second-order valence-electron chi connectivity index (χ2n) is 7.76. The second kappa shape index (κ2) is 7.71. The third-order valence-electron chi connectivity index (χ3n) is 5.70. The van der Waals surface area contributed by atoms with Crippen molar-refractivity contribution in [2.24, 2.45) is 0 Å². The lowest BCUT2D eigenvalue weighted by Gasteiger charge is -2.10. The first kappa shape index (κ1) is 18.4. The summed E-state index contributed by atoms with van der Waals surface area (Å²) in [5.41, 5.74) is 2.92. The smallest absolute Gasteiger partial charge is 0.164 e. The van der Waals surface area contributed by atoms with Crippen molar-refractivity contribution in [2.75, 3.05) is 0 Å². The van der Waals surface area contributed by atoms with Crippen LogP contribution < -0.4 is 0 Å². The van der Waals surface area contributed by atoms with E-state index in [1.807, 2.05) is 60.7 Å². The lowest BCUT2D eigenvalue weighted by atomic mass is 10.00. The van der Waals surface area contributed by atoms with Crippen molar-refractivity contribution in [3.05, 3.63) is 115 Å². The molecule has 32 heavy (non-hydrogen) atoms. The summed E-state index contributed by atoms with van der Waals surface area (Å²) in [7, 11) is 0. The Morgan fingerprint density at radius 1 is 0.344 bits per heavy atom. The van der Waals surface area contributed by atoms with Crippen LogP contribution in [0.5, 0.6) is 0 Å². The molecule has 0 N–H and O–H groups in total. The van der Waals surface area contributed by atoms with Gasteiger partial charge in [0.2, 0.25) is 0 Å². The van der Waals surface area contributed by atoms with Gasteiger partial charge in [-0.1, -0.05) is 109 Å². The molecule has 3 heteroatoms. The van der Waals surface area contributed by atoms with Crippen molar-refractivity contribution in [1.29, 1.82) is 0 Å². The normalized spacial score (nSPS) is 11.1. The van der Waals surface area contributed by atoms with Crippen molar-refractivity contribution in [3.8, 4) is 34.2 Å². The average Bonchev–Trinajstić information content (AvgIpc) is 2.89. The van der Waals surface area contributed by atoms with Crippen molar-refractivity contribution in [3.63, 3.8) is 0 Å². The number of hydrogen-bond acceptors (Lipinski definition) is 3. The van der Waals surface area contributed by atoms with Crippen molar-refractivity contribution >= 4 is 21.5 Å². The van der Waals surface area contributed by atoms with Gasteiger partial charge in [0.25, 0.3) is 0 Å². The van der Waals surface area contributed by atoms with E-state index in [9.17, 15) is 0 Å². The maximum Gasteiger partial charge on any atom is 0.164 e. The van der Waals surface area contributed by atoms with E-state index in [2.05, 4.69) is 54.6 Å². The molecular weight excluding hydrogens is 390 g/mol. The molecule has 0 saturated carbocycles. The van der Waals surface area contributed by atoms with E-state index in [0.717, 1.165) is 16.7 Å². The van der Waals surface area contributed by atoms with Gasteiger partial charge in [-0.25, -0.2) is 15.0 Å². The molecule has 0 spiro atoms. The Bertz CT molecular complexity index is 1500. The third kappa shape index (κ3) is 3.30. The predicted molar refractivity (Wildman–Crippen MR) is 131 cm³/mol. The quantitative estimate of drug-likeness (QED) is 0.291. The standard InChI is InChI=1S/C29H19N3/c1-3-10-22(11-4-1)27-30-28(23-12-5-2-6-13-23)32-29(31-27)24-18-17-21-16-15-20-9-7-8-14-25(20)26(21)19-24/h1-19H. The largest absolute Gasteiger partial charge is 0.208 e. The molecule has 1 aromatic heterocycles. The summed E-state index contributed by atoms with van der Waals surface area (Å²) in [4.78, 5) is 14.5. The average molecular weight is 409 g/mol. The zero-order chi connectivity index (χ0) is 21.3. The maximum atomic E-state index is 4.86. The number of aromatic nitrogens is 3. The topological polar surface area (TPSA) is 38.7 Å². The fraction of sp³-hybridized carbons (Fsp3) is 0. The summed E-state index contributed by atoms with van der Waals surface area (Å²) in [6.07, 6.45) is 0. The minimum atomic E-state index is 0.674. The van der Waals surface area contributed by atoms with E-state index in [4.69, 9.17) is 15.0 Å². The fourth-order valence-electron chi connectivity index (χ4n) is 4.08. The van der Waals surface area contributed by atoms with Gasteiger partial charge in [-0.2, -0.15) is 0 Å². The number of nitrogens with zero attached hydrogens (tertiary/aromatic N) is 3. The van der Waals surface area contributed by atoms with Crippen molar-refractivity contribution in [1.82, 2.24) is 15.0 Å². The minimum absolute atomic E-state index is 0.674. The van der Waals surface area contributed by atoms with Crippen LogP contribution in [0, 0.1) is 0 Å². The van der Waals surface area contributed by atoms with E-state index >= 15 is 0 Å². The number of hydrogen-bond donors (Lipinski definition) is 0. The second-order valence-corrected chi connectivity index (χ2v) is 7.76. The lowest BCUT2D eigenvalue weighted by molar-refractivity contribution is 1.07. The molecule has 150 valence electrons. The van der Waals surface area contributed by atoms with E-state index < -0.39 is 0 Å². The molecule has 3 nitrogen and oxygen atoms in total. The monoisotopic (exact) mass is 409 g/mol. The summed E-state index contributed by atoms with van der Waals surface area (Å²) >= 11 is 0. The van der Waals surface area contributed by atoms with Gasteiger partial charge in [0, 0.05) is 16.7 Å². The maximum absolute atomic E-state index is 4.86. The molecule has 0 radical (unpaired) electrons. The van der Waals surface area contributed by atoms with Gasteiger partial charge >= 0.3 is 0 Å². The van der Waals surface area contributed by atoms with Gasteiger partial charge in [0.05, 0.1) is 0 Å². The van der Waals surface area contributed by atoms with Crippen LogP contribution in [0.1, 0.15) is 0 Å². The Labute approximate surface area is 186 Å². The third-order valence-corrected chi connectivity index (χ3v) is 5.70. The molecular formula is C29H19N3. The van der Waals surface area contributed by atoms with Crippen LogP contribution in [0.3, 0.4) is 0 Å². The molecule has 0 amide bonds. The van der Waals surface area contributed by atoms with Crippen molar-refractivity contribution < 1.29 is 0 Å². The first-order valence-electron chi connectivity index (χ1n) is 10.6. The van der Waals surface area contributed by atoms with E-state index in [1.165, 1.54) is 21.5 Å². The van der Waals surface area contributed by atoms with E-state index in [1.54, 1.807) is 0 Å². The highest BCUT2D eigenvalue weighted by Crippen LogP contribution is 2.30. The zero-order valence-electron chi connectivity index (χ0n) is 17.3. The Kier molecular flexibility index (Phi) is 4.43. The van der Waals surface area contributed by atoms with Gasteiger partial charge in [-0.3, -0.25) is 0 Å². The van der Waals surface area contributed by atoms with Crippen LogP contribution in [-0.4, -0.2) is 15.0 Å². The minimum Gasteiger partial charge on any atom is -0.208 e. The Morgan fingerprint density at radius 2 is 0.812 bits per heavy atom. The molecule has 6 rings (SSSR count). The number of fused-ring (bicyclic) bond motifs is 3. The first-order valence-corrected chi connectivity index (χ1v) is 10.6. The summed E-state index contributed by atoms with van der Waals surface area (Å²) < 4.78 is 0. The van der Waals surface area contributed by atoms with E-state index in [-0.39, 0.29) is 0 Å². The molecule has 0 aliphatic carbocycles. The van der Waals surface area contributed by atoms with Crippen molar-refractivity contribution in [2.45, 2.75) is 0 Å². The molecule has 0 aliphatic heterocycles. The molecule has 6 aromatic rings. The van der Waals surface area contributed by atoms with Gasteiger partial charge < -0.3 is 0 Å². The fourth-order valence-corrected chi connectivity index (χ4v) is 4.08. The molecule has 0 fully saturated rings. The summed E-state index contributed by atoms with van der Waals surface area (Å²) in [5.74, 6) is 2.02. The van der Waals surface area contributed by atoms with Crippen LogP contribution in [0.25, 0.3) is 55.7 Å². The molecule has 0 saturated heterocycles. The lowest BCUT2D eigenvalue weighted by Crippen LogP contribution is -2.00. The van der Waals surface area contributed by atoms with Crippen LogP contribution >= 0.6 is 0 Å². The Balaban J connectivity index is 1.59. The van der Waals surface area contributed by atoms with Crippen LogP contribution in [0.2, 0.25) is 0 Å². The highest BCUT2D eigenvalue weighted by molar-refractivity contribution is 6.08. The first-order chi connectivity index (χ1) is 15.8. The Hall–Kier alpha value is -4.37. The molecule has 5 aromatic carbocycles. The Morgan fingerprint density at radius 3 is 1.44 bits per heavy atom. The van der Waals surface area contributed by atoms with Gasteiger partial charge in [-0.15, -0.1) is 0 Å². The van der Waals surface area contributed by atoms with Gasteiger partial charge in [-0.05, 0) is 27.6 Å². The number of rotatable bonds is 3. The SMILES string of the molecule is c1ccc(-c2nc(-c3ccccc3)nc(-c3ccc4ccc5ccccc5c4c3)n2)cc1. The molecule has 1 heterocycles. The summed E-state index contributed by atoms with van der Waals surface area (Å²) in [6, 6.07) is 39.4. The highest BCUT2D eigenvalue weighted by atomic mass is 15.0. The summed E-state index contributed by atoms with van der Waals surface area (Å²) in [6.45, 7) is 0. The summed E-state index contributed by atoms with van der Waals surface area (Å²) in [5, 5.41) is 4.85. The molecule has 0 bridgehead atoms.